The van der Waals surface area contributed by atoms with Gasteiger partial charge < -0.3 is 4.90 Å². The molecule has 0 aromatic rings. The number of rotatable bonds is 5. The number of nitrogens with zero attached hydrogens (tertiary/aromatic N) is 1. The van der Waals surface area contributed by atoms with Crippen LogP contribution in [0.5, 0.6) is 0 Å². The van der Waals surface area contributed by atoms with Crippen LogP contribution in [0.3, 0.4) is 0 Å². The molecule has 1 amide bonds. The van der Waals surface area contributed by atoms with Crippen LogP contribution in [0.1, 0.15) is 46.5 Å². The van der Waals surface area contributed by atoms with Crippen LogP contribution < -0.4 is 5.32 Å². The highest BCUT2D eigenvalue weighted by Gasteiger charge is 2.38. The van der Waals surface area contributed by atoms with E-state index in [4.69, 9.17) is 0 Å². The standard InChI is InChI=1S/C13H24N2O/c1-4-11(7-10-5-6-10)15-12(16)8-14-13(15)9(2)3/h9-11,13-14H,4-8H2,1-3H3. The van der Waals surface area contributed by atoms with E-state index in [0.717, 1.165) is 12.3 Å². The lowest BCUT2D eigenvalue weighted by Gasteiger charge is -2.34. The van der Waals surface area contributed by atoms with Crippen LogP contribution in [0.15, 0.2) is 0 Å². The molecule has 16 heavy (non-hydrogen) atoms. The van der Waals surface area contributed by atoms with Crippen molar-refractivity contribution in [3.63, 3.8) is 0 Å². The van der Waals surface area contributed by atoms with E-state index < -0.39 is 0 Å². The Kier molecular flexibility index (Phi) is 3.53. The summed E-state index contributed by atoms with van der Waals surface area (Å²) >= 11 is 0. The third kappa shape index (κ3) is 2.40. The van der Waals surface area contributed by atoms with Gasteiger partial charge in [0.05, 0.1) is 12.7 Å². The number of nitrogens with one attached hydrogen (secondary N) is 1. The SMILES string of the molecule is CCC(CC1CC1)N1C(=O)CNC1C(C)C. The van der Waals surface area contributed by atoms with E-state index in [9.17, 15) is 4.79 Å². The summed E-state index contributed by atoms with van der Waals surface area (Å²) in [6.07, 6.45) is 5.31. The topological polar surface area (TPSA) is 32.3 Å². The Morgan fingerprint density at radius 3 is 2.62 bits per heavy atom. The number of carbonyl (C=O) groups excluding carboxylic acids is 1. The summed E-state index contributed by atoms with van der Waals surface area (Å²) in [5, 5.41) is 3.34. The predicted molar refractivity (Wildman–Crippen MR) is 64.9 cm³/mol. The molecule has 1 heterocycles. The molecule has 2 atom stereocenters. The zero-order valence-corrected chi connectivity index (χ0v) is 10.7. The number of carbonyl (C=O) groups is 1. The van der Waals surface area contributed by atoms with Crippen LogP contribution in [-0.2, 0) is 4.79 Å². The van der Waals surface area contributed by atoms with Crippen molar-refractivity contribution in [1.82, 2.24) is 10.2 Å². The maximum absolute atomic E-state index is 12.0. The summed E-state index contributed by atoms with van der Waals surface area (Å²) < 4.78 is 0. The summed E-state index contributed by atoms with van der Waals surface area (Å²) in [4.78, 5) is 14.1. The van der Waals surface area contributed by atoms with E-state index >= 15 is 0 Å². The van der Waals surface area contributed by atoms with Crippen molar-refractivity contribution < 1.29 is 4.79 Å². The average Bonchev–Trinajstić information content (AvgIpc) is 2.97. The van der Waals surface area contributed by atoms with Crippen LogP contribution in [0.25, 0.3) is 0 Å². The van der Waals surface area contributed by atoms with Crippen molar-refractivity contribution in [2.45, 2.75) is 58.7 Å². The molecule has 0 aromatic carbocycles. The minimum atomic E-state index is 0.260. The van der Waals surface area contributed by atoms with Gasteiger partial charge in [0.1, 0.15) is 0 Å². The molecular weight excluding hydrogens is 200 g/mol. The first-order chi connectivity index (χ1) is 7.63. The Bertz CT molecular complexity index is 261. The lowest BCUT2D eigenvalue weighted by molar-refractivity contribution is -0.131. The number of hydrogen-bond acceptors (Lipinski definition) is 2. The molecule has 1 aliphatic carbocycles. The second-order valence-corrected chi connectivity index (χ2v) is 5.61. The van der Waals surface area contributed by atoms with Gasteiger partial charge >= 0.3 is 0 Å². The number of hydrogen-bond donors (Lipinski definition) is 1. The Hall–Kier alpha value is -0.570. The average molecular weight is 224 g/mol. The van der Waals surface area contributed by atoms with Crippen molar-refractivity contribution in [2.24, 2.45) is 11.8 Å². The van der Waals surface area contributed by atoms with Gasteiger partial charge in [0.2, 0.25) is 5.91 Å². The first-order valence-corrected chi connectivity index (χ1v) is 6.68. The lowest BCUT2D eigenvalue weighted by atomic mass is 10.0. The molecular formula is C13H24N2O. The fourth-order valence-electron chi connectivity index (χ4n) is 2.74. The first-order valence-electron chi connectivity index (χ1n) is 6.68. The van der Waals surface area contributed by atoms with E-state index in [1.165, 1.54) is 19.3 Å². The summed E-state index contributed by atoms with van der Waals surface area (Å²) in [6.45, 7) is 7.11. The van der Waals surface area contributed by atoms with Gasteiger partial charge in [-0.25, -0.2) is 0 Å². The normalized spacial score (nSPS) is 27.9. The van der Waals surface area contributed by atoms with Crippen molar-refractivity contribution >= 4 is 5.91 Å². The van der Waals surface area contributed by atoms with E-state index in [2.05, 4.69) is 31.0 Å². The van der Waals surface area contributed by atoms with Gasteiger partial charge in [-0.15, -0.1) is 0 Å². The smallest absolute Gasteiger partial charge is 0.238 e. The first kappa shape index (κ1) is 11.9. The van der Waals surface area contributed by atoms with Gasteiger partial charge in [0, 0.05) is 6.04 Å². The lowest BCUT2D eigenvalue weighted by Crippen LogP contribution is -2.47. The van der Waals surface area contributed by atoms with E-state index in [-0.39, 0.29) is 6.17 Å². The number of amides is 1. The Morgan fingerprint density at radius 2 is 2.12 bits per heavy atom. The third-order valence-corrected chi connectivity index (χ3v) is 3.85. The molecule has 0 bridgehead atoms. The van der Waals surface area contributed by atoms with Crippen LogP contribution >= 0.6 is 0 Å². The van der Waals surface area contributed by atoms with E-state index in [1.807, 2.05) is 0 Å². The van der Waals surface area contributed by atoms with Crippen LogP contribution in [0.2, 0.25) is 0 Å². The van der Waals surface area contributed by atoms with Gasteiger partial charge in [-0.05, 0) is 24.7 Å². The van der Waals surface area contributed by atoms with Crippen LogP contribution in [-0.4, -0.2) is 29.6 Å². The highest BCUT2D eigenvalue weighted by molar-refractivity contribution is 5.81. The predicted octanol–water partition coefficient (Wildman–Crippen LogP) is 1.98. The molecule has 2 unspecified atom stereocenters. The maximum atomic E-state index is 12.0. The monoisotopic (exact) mass is 224 g/mol. The molecule has 1 N–H and O–H groups in total. The molecule has 0 aromatic heterocycles. The van der Waals surface area contributed by atoms with Gasteiger partial charge in [-0.2, -0.15) is 0 Å². The van der Waals surface area contributed by atoms with Gasteiger partial charge in [0.15, 0.2) is 0 Å². The summed E-state index contributed by atoms with van der Waals surface area (Å²) in [7, 11) is 0. The molecule has 1 saturated carbocycles. The maximum Gasteiger partial charge on any atom is 0.238 e. The van der Waals surface area contributed by atoms with Gasteiger partial charge in [-0.3, -0.25) is 10.1 Å². The third-order valence-electron chi connectivity index (χ3n) is 3.85. The van der Waals surface area contributed by atoms with Crippen LogP contribution in [0, 0.1) is 11.8 Å². The molecule has 2 aliphatic rings. The van der Waals surface area contributed by atoms with Crippen molar-refractivity contribution in [3.8, 4) is 0 Å². The fourth-order valence-corrected chi connectivity index (χ4v) is 2.74. The van der Waals surface area contributed by atoms with Crippen molar-refractivity contribution in [3.05, 3.63) is 0 Å². The molecule has 1 saturated heterocycles. The fraction of sp³-hybridized carbons (Fsp3) is 0.923. The minimum Gasteiger partial charge on any atom is -0.323 e. The highest BCUT2D eigenvalue weighted by Crippen LogP contribution is 2.36. The van der Waals surface area contributed by atoms with E-state index in [0.29, 0.717) is 24.4 Å². The largest absolute Gasteiger partial charge is 0.323 e. The molecule has 0 radical (unpaired) electrons. The quantitative estimate of drug-likeness (QED) is 0.774. The highest BCUT2D eigenvalue weighted by atomic mass is 16.2. The van der Waals surface area contributed by atoms with E-state index in [1.54, 1.807) is 0 Å². The van der Waals surface area contributed by atoms with Crippen molar-refractivity contribution in [2.75, 3.05) is 6.54 Å². The Balaban J connectivity index is 2.03. The second kappa shape index (κ2) is 4.74. The Labute approximate surface area is 98.6 Å². The van der Waals surface area contributed by atoms with Gasteiger partial charge in [0.25, 0.3) is 0 Å². The molecule has 2 rings (SSSR count). The van der Waals surface area contributed by atoms with Crippen LogP contribution in [0.4, 0.5) is 0 Å². The molecule has 92 valence electrons. The molecule has 3 nitrogen and oxygen atoms in total. The Morgan fingerprint density at radius 1 is 1.44 bits per heavy atom. The molecule has 1 aliphatic heterocycles. The summed E-state index contributed by atoms with van der Waals surface area (Å²) in [5.41, 5.74) is 0. The summed E-state index contributed by atoms with van der Waals surface area (Å²) in [6, 6.07) is 0.461. The zero-order chi connectivity index (χ0) is 11.7. The molecule has 3 heteroatoms. The zero-order valence-electron chi connectivity index (χ0n) is 10.7. The molecule has 0 spiro atoms. The summed E-state index contributed by atoms with van der Waals surface area (Å²) in [5.74, 6) is 1.69. The van der Waals surface area contributed by atoms with Gasteiger partial charge in [-0.1, -0.05) is 33.6 Å². The second-order valence-electron chi connectivity index (χ2n) is 5.61. The van der Waals surface area contributed by atoms with Crippen molar-refractivity contribution in [1.29, 1.82) is 0 Å². The minimum absolute atomic E-state index is 0.260. The molecule has 2 fully saturated rings.